The van der Waals surface area contributed by atoms with Crippen LogP contribution in [0.15, 0.2) is 53.1 Å². The zero-order valence-electron chi connectivity index (χ0n) is 13.5. The molecule has 0 atom stereocenters. The Hall–Kier alpha value is -3.15. The van der Waals surface area contributed by atoms with Crippen molar-refractivity contribution in [2.45, 2.75) is 20.4 Å². The summed E-state index contributed by atoms with van der Waals surface area (Å²) in [4.78, 5) is 4.48. The molecule has 4 aromatic rings. The fourth-order valence-corrected chi connectivity index (χ4v) is 2.70. The molecule has 0 bridgehead atoms. The van der Waals surface area contributed by atoms with Gasteiger partial charge in [-0.15, -0.1) is 5.10 Å². The third-order valence-corrected chi connectivity index (χ3v) is 3.80. The largest absolute Gasteiger partial charge is 0.423 e. The van der Waals surface area contributed by atoms with Gasteiger partial charge in [0.15, 0.2) is 5.58 Å². The highest BCUT2D eigenvalue weighted by atomic mass is 16.4. The molecule has 6 nitrogen and oxygen atoms in total. The van der Waals surface area contributed by atoms with Crippen molar-refractivity contribution in [2.24, 2.45) is 0 Å². The molecule has 0 aliphatic rings. The van der Waals surface area contributed by atoms with E-state index in [9.17, 15) is 0 Å². The van der Waals surface area contributed by atoms with Crippen molar-refractivity contribution in [1.29, 1.82) is 0 Å². The summed E-state index contributed by atoms with van der Waals surface area (Å²) in [5.41, 5.74) is 5.73. The van der Waals surface area contributed by atoms with Gasteiger partial charge in [-0.25, -0.2) is 4.68 Å². The second-order valence-corrected chi connectivity index (χ2v) is 5.79. The minimum Gasteiger partial charge on any atom is -0.423 e. The third kappa shape index (κ3) is 2.74. The van der Waals surface area contributed by atoms with Crippen molar-refractivity contribution >= 4 is 17.1 Å². The number of benzene rings is 2. The molecule has 0 amide bonds. The summed E-state index contributed by atoms with van der Waals surface area (Å²) in [7, 11) is 0. The lowest BCUT2D eigenvalue weighted by Gasteiger charge is -1.98. The highest BCUT2D eigenvalue weighted by molar-refractivity contribution is 5.78. The molecule has 2 aromatic carbocycles. The van der Waals surface area contributed by atoms with Crippen molar-refractivity contribution in [3.8, 4) is 5.69 Å². The molecule has 2 heterocycles. The molecule has 4 rings (SSSR count). The van der Waals surface area contributed by atoms with E-state index < -0.39 is 0 Å². The van der Waals surface area contributed by atoms with Crippen molar-refractivity contribution < 1.29 is 4.42 Å². The van der Waals surface area contributed by atoms with Crippen molar-refractivity contribution in [2.75, 3.05) is 5.32 Å². The van der Waals surface area contributed by atoms with Crippen LogP contribution < -0.4 is 5.32 Å². The summed E-state index contributed by atoms with van der Waals surface area (Å²) in [5, 5.41) is 11.5. The maximum atomic E-state index is 5.79. The topological polar surface area (TPSA) is 68.8 Å². The molecule has 0 spiro atoms. The molecular weight excluding hydrogens is 302 g/mol. The predicted octanol–water partition coefficient (Wildman–Crippen LogP) is 3.64. The first-order chi connectivity index (χ1) is 11.7. The number of hydrogen-bond donors (Lipinski definition) is 1. The Bertz CT molecular complexity index is 987. The minimum atomic E-state index is 0.493. The molecular formula is C18H17N5O. The standard InChI is InChI=1S/C18H17N5O/c1-12-8-13(2)17-16(9-12)20-18(24-17)19-10-14-11-23(22-21-14)15-6-4-3-5-7-15/h3-9,11H,10H2,1-2H3,(H,19,20). The van der Waals surface area contributed by atoms with Crippen LogP contribution in [0.25, 0.3) is 16.8 Å². The van der Waals surface area contributed by atoms with Gasteiger partial charge < -0.3 is 9.73 Å². The van der Waals surface area contributed by atoms with Gasteiger partial charge in [0.25, 0.3) is 6.01 Å². The molecule has 0 unspecified atom stereocenters. The maximum Gasteiger partial charge on any atom is 0.296 e. The zero-order chi connectivity index (χ0) is 16.5. The Kier molecular flexibility index (Phi) is 3.49. The summed E-state index contributed by atoms with van der Waals surface area (Å²) in [6, 6.07) is 14.5. The highest BCUT2D eigenvalue weighted by Gasteiger charge is 2.09. The number of fused-ring (bicyclic) bond motifs is 1. The molecule has 0 saturated carbocycles. The Labute approximate surface area is 139 Å². The zero-order valence-corrected chi connectivity index (χ0v) is 13.5. The first kappa shape index (κ1) is 14.4. The molecule has 0 radical (unpaired) electrons. The smallest absolute Gasteiger partial charge is 0.296 e. The van der Waals surface area contributed by atoms with Gasteiger partial charge in [0.1, 0.15) is 11.2 Å². The first-order valence-corrected chi connectivity index (χ1v) is 7.77. The molecule has 120 valence electrons. The van der Waals surface area contributed by atoms with E-state index in [1.54, 1.807) is 4.68 Å². The van der Waals surface area contributed by atoms with Crippen LogP contribution in [0.4, 0.5) is 6.01 Å². The molecule has 24 heavy (non-hydrogen) atoms. The number of oxazole rings is 1. The average Bonchev–Trinajstić information content (AvgIpc) is 3.20. The SMILES string of the molecule is Cc1cc(C)c2oc(NCc3cn(-c4ccccc4)nn3)nc2c1. The molecule has 6 heteroatoms. The summed E-state index contributed by atoms with van der Waals surface area (Å²) < 4.78 is 7.54. The summed E-state index contributed by atoms with van der Waals surface area (Å²) in [6.07, 6.45) is 1.89. The molecule has 2 aromatic heterocycles. The number of nitrogens with zero attached hydrogens (tertiary/aromatic N) is 4. The van der Waals surface area contributed by atoms with Crippen LogP contribution in [0.1, 0.15) is 16.8 Å². The fraction of sp³-hybridized carbons (Fsp3) is 0.167. The first-order valence-electron chi connectivity index (χ1n) is 7.77. The number of aryl methyl sites for hydroxylation is 2. The Morgan fingerprint density at radius 2 is 1.96 bits per heavy atom. The van der Waals surface area contributed by atoms with Gasteiger partial charge in [0.2, 0.25) is 0 Å². The third-order valence-electron chi connectivity index (χ3n) is 3.80. The van der Waals surface area contributed by atoms with Crippen LogP contribution in [-0.4, -0.2) is 20.0 Å². The summed E-state index contributed by atoms with van der Waals surface area (Å²) in [6.45, 7) is 4.57. The normalized spacial score (nSPS) is 11.1. The second-order valence-electron chi connectivity index (χ2n) is 5.79. The van der Waals surface area contributed by atoms with Crippen LogP contribution in [0.5, 0.6) is 0 Å². The number of anilines is 1. The fourth-order valence-electron chi connectivity index (χ4n) is 2.70. The van der Waals surface area contributed by atoms with E-state index >= 15 is 0 Å². The van der Waals surface area contributed by atoms with E-state index in [4.69, 9.17) is 4.42 Å². The van der Waals surface area contributed by atoms with Crippen molar-refractivity contribution in [3.05, 3.63) is 65.5 Å². The Morgan fingerprint density at radius 1 is 1.12 bits per heavy atom. The number of rotatable bonds is 4. The van der Waals surface area contributed by atoms with Crippen LogP contribution in [0.2, 0.25) is 0 Å². The Balaban J connectivity index is 1.51. The number of aromatic nitrogens is 4. The van der Waals surface area contributed by atoms with E-state index in [0.717, 1.165) is 28.0 Å². The lowest BCUT2D eigenvalue weighted by molar-refractivity contribution is 0.611. The molecule has 0 fully saturated rings. The average molecular weight is 319 g/mol. The predicted molar refractivity (Wildman–Crippen MR) is 92.2 cm³/mol. The van der Waals surface area contributed by atoms with Gasteiger partial charge in [-0.05, 0) is 43.2 Å². The lowest BCUT2D eigenvalue weighted by Crippen LogP contribution is -1.99. The van der Waals surface area contributed by atoms with Crippen LogP contribution in [-0.2, 0) is 6.54 Å². The van der Waals surface area contributed by atoms with Gasteiger partial charge in [-0.2, -0.15) is 4.98 Å². The molecule has 0 saturated heterocycles. The number of para-hydroxylation sites is 1. The van der Waals surface area contributed by atoms with E-state index in [2.05, 4.69) is 33.6 Å². The van der Waals surface area contributed by atoms with Crippen LogP contribution in [0.3, 0.4) is 0 Å². The summed E-state index contributed by atoms with van der Waals surface area (Å²) in [5.74, 6) is 0. The van der Waals surface area contributed by atoms with Crippen LogP contribution >= 0.6 is 0 Å². The van der Waals surface area contributed by atoms with Crippen molar-refractivity contribution in [3.63, 3.8) is 0 Å². The van der Waals surface area contributed by atoms with Gasteiger partial charge in [0, 0.05) is 0 Å². The highest BCUT2D eigenvalue weighted by Crippen LogP contribution is 2.24. The van der Waals surface area contributed by atoms with Gasteiger partial charge in [-0.3, -0.25) is 0 Å². The quantitative estimate of drug-likeness (QED) is 0.622. The molecule has 0 aliphatic carbocycles. The lowest BCUT2D eigenvalue weighted by atomic mass is 10.1. The van der Waals surface area contributed by atoms with E-state index in [1.165, 1.54) is 5.56 Å². The van der Waals surface area contributed by atoms with Crippen LogP contribution in [0, 0.1) is 13.8 Å². The second kappa shape index (κ2) is 5.81. The maximum absolute atomic E-state index is 5.79. The number of hydrogen-bond acceptors (Lipinski definition) is 5. The Morgan fingerprint density at radius 3 is 2.79 bits per heavy atom. The van der Waals surface area contributed by atoms with E-state index in [1.807, 2.05) is 49.5 Å². The monoisotopic (exact) mass is 319 g/mol. The van der Waals surface area contributed by atoms with Gasteiger partial charge in [0.05, 0.1) is 18.4 Å². The summed E-state index contributed by atoms with van der Waals surface area (Å²) >= 11 is 0. The molecule has 0 aliphatic heterocycles. The number of nitrogens with one attached hydrogen (secondary N) is 1. The van der Waals surface area contributed by atoms with Crippen molar-refractivity contribution in [1.82, 2.24) is 20.0 Å². The molecule has 1 N–H and O–H groups in total. The van der Waals surface area contributed by atoms with E-state index in [0.29, 0.717) is 12.6 Å². The minimum absolute atomic E-state index is 0.493. The van der Waals surface area contributed by atoms with E-state index in [-0.39, 0.29) is 0 Å². The van der Waals surface area contributed by atoms with Gasteiger partial charge in [-0.1, -0.05) is 29.5 Å². The van der Waals surface area contributed by atoms with Gasteiger partial charge >= 0.3 is 0 Å².